The van der Waals surface area contributed by atoms with Gasteiger partial charge in [0.15, 0.2) is 0 Å². The van der Waals surface area contributed by atoms with Crippen LogP contribution in [0.1, 0.15) is 37.3 Å². The summed E-state index contributed by atoms with van der Waals surface area (Å²) in [6.45, 7) is 2.09. The molecular formula is C13H16FNOS. The molecule has 0 spiro atoms. The summed E-state index contributed by atoms with van der Waals surface area (Å²) in [7, 11) is -0.967. The summed E-state index contributed by atoms with van der Waals surface area (Å²) in [5, 5.41) is 8.70. The van der Waals surface area contributed by atoms with E-state index in [1.165, 1.54) is 12.1 Å². The molecule has 1 aromatic carbocycles. The minimum Gasteiger partial charge on any atom is -0.259 e. The molecule has 0 saturated heterocycles. The fraction of sp³-hybridized carbons (Fsp3) is 0.462. The van der Waals surface area contributed by atoms with Crippen molar-refractivity contribution in [2.45, 2.75) is 31.9 Å². The van der Waals surface area contributed by atoms with E-state index in [-0.39, 0.29) is 5.56 Å². The van der Waals surface area contributed by atoms with Crippen LogP contribution in [0.4, 0.5) is 4.39 Å². The van der Waals surface area contributed by atoms with Gasteiger partial charge in [0.2, 0.25) is 0 Å². The topological polar surface area (TPSA) is 40.9 Å². The normalized spacial score (nSPS) is 12.1. The van der Waals surface area contributed by atoms with Crippen LogP contribution in [0.5, 0.6) is 0 Å². The average Bonchev–Trinajstić information content (AvgIpc) is 2.28. The Morgan fingerprint density at radius 3 is 2.76 bits per heavy atom. The van der Waals surface area contributed by atoms with E-state index in [2.05, 4.69) is 6.92 Å². The minimum atomic E-state index is -0.967. The number of nitrogens with zero attached hydrogens (tertiary/aromatic N) is 1. The maximum absolute atomic E-state index is 13.1. The van der Waals surface area contributed by atoms with Gasteiger partial charge in [-0.1, -0.05) is 19.8 Å². The summed E-state index contributed by atoms with van der Waals surface area (Å²) in [6, 6.07) is 6.02. The van der Waals surface area contributed by atoms with Crippen LogP contribution in [-0.2, 0) is 16.6 Å². The zero-order valence-corrected chi connectivity index (χ0v) is 10.7. The molecule has 17 heavy (non-hydrogen) atoms. The van der Waals surface area contributed by atoms with Crippen LogP contribution >= 0.6 is 0 Å². The zero-order valence-electron chi connectivity index (χ0n) is 9.91. The Kier molecular flexibility index (Phi) is 5.85. The molecule has 0 saturated carbocycles. The van der Waals surface area contributed by atoms with Crippen molar-refractivity contribution < 1.29 is 8.60 Å². The second-order valence-electron chi connectivity index (χ2n) is 3.96. The molecule has 0 radical (unpaired) electrons. The first kappa shape index (κ1) is 13.9. The molecule has 1 atom stereocenters. The molecule has 0 amide bonds. The van der Waals surface area contributed by atoms with Crippen LogP contribution in [0.2, 0.25) is 0 Å². The highest BCUT2D eigenvalue weighted by Gasteiger charge is 2.05. The van der Waals surface area contributed by atoms with E-state index in [1.807, 2.05) is 6.07 Å². The first-order chi connectivity index (χ1) is 8.15. The quantitative estimate of drug-likeness (QED) is 0.731. The van der Waals surface area contributed by atoms with Crippen LogP contribution in [0.25, 0.3) is 0 Å². The molecule has 1 aromatic rings. The van der Waals surface area contributed by atoms with Gasteiger partial charge in [0.1, 0.15) is 5.82 Å². The maximum Gasteiger partial charge on any atom is 0.124 e. The molecule has 92 valence electrons. The largest absolute Gasteiger partial charge is 0.259 e. The van der Waals surface area contributed by atoms with Crippen LogP contribution in [0.15, 0.2) is 18.2 Å². The molecule has 0 aliphatic heterocycles. The molecule has 2 nitrogen and oxygen atoms in total. The summed E-state index contributed by atoms with van der Waals surface area (Å²) >= 11 is 0. The van der Waals surface area contributed by atoms with Crippen molar-refractivity contribution in [3.8, 4) is 6.07 Å². The molecular weight excluding hydrogens is 237 g/mol. The van der Waals surface area contributed by atoms with Crippen molar-refractivity contribution in [3.63, 3.8) is 0 Å². The standard InChI is InChI=1S/C13H16FNOS/c1-2-3-4-5-17(16)10-12-6-11(9-15)7-13(14)8-12/h6-8H,2-5,10H2,1H3. The number of hydrogen-bond acceptors (Lipinski definition) is 2. The predicted octanol–water partition coefficient (Wildman–Crippen LogP) is 3.14. The molecule has 0 fully saturated rings. The monoisotopic (exact) mass is 253 g/mol. The zero-order chi connectivity index (χ0) is 12.7. The first-order valence-corrected chi connectivity index (χ1v) is 7.19. The Morgan fingerprint density at radius 1 is 1.35 bits per heavy atom. The van der Waals surface area contributed by atoms with Crippen molar-refractivity contribution in [1.29, 1.82) is 5.26 Å². The molecule has 1 rings (SSSR count). The van der Waals surface area contributed by atoms with E-state index in [1.54, 1.807) is 6.07 Å². The molecule has 4 heteroatoms. The highest BCUT2D eigenvalue weighted by molar-refractivity contribution is 7.84. The van der Waals surface area contributed by atoms with Crippen molar-refractivity contribution in [2.75, 3.05) is 5.75 Å². The molecule has 0 aliphatic rings. The molecule has 0 bridgehead atoms. The Balaban J connectivity index is 2.59. The Morgan fingerprint density at radius 2 is 2.12 bits per heavy atom. The van der Waals surface area contributed by atoms with E-state index in [9.17, 15) is 8.60 Å². The first-order valence-electron chi connectivity index (χ1n) is 5.70. The molecule has 0 heterocycles. The number of benzene rings is 1. The Bertz CT molecular complexity index is 440. The van der Waals surface area contributed by atoms with Gasteiger partial charge >= 0.3 is 0 Å². The van der Waals surface area contributed by atoms with Gasteiger partial charge in [0.25, 0.3) is 0 Å². The number of hydrogen-bond donors (Lipinski definition) is 0. The van der Waals surface area contributed by atoms with Crippen LogP contribution in [0.3, 0.4) is 0 Å². The molecule has 1 unspecified atom stereocenters. The molecule has 0 N–H and O–H groups in total. The fourth-order valence-corrected chi connectivity index (χ4v) is 2.78. The Hall–Kier alpha value is -1.21. The van der Waals surface area contributed by atoms with Gasteiger partial charge in [0, 0.05) is 22.3 Å². The number of rotatable bonds is 6. The maximum atomic E-state index is 13.1. The highest BCUT2D eigenvalue weighted by atomic mass is 32.2. The van der Waals surface area contributed by atoms with Gasteiger partial charge in [-0.25, -0.2) is 4.39 Å². The number of halogens is 1. The highest BCUT2D eigenvalue weighted by Crippen LogP contribution is 2.11. The van der Waals surface area contributed by atoms with Crippen molar-refractivity contribution >= 4 is 10.8 Å². The van der Waals surface area contributed by atoms with Gasteiger partial charge < -0.3 is 0 Å². The van der Waals surface area contributed by atoms with Crippen molar-refractivity contribution in [3.05, 3.63) is 35.1 Å². The lowest BCUT2D eigenvalue weighted by molar-refractivity contribution is 0.625. The predicted molar refractivity (Wildman–Crippen MR) is 67.4 cm³/mol. The van der Waals surface area contributed by atoms with E-state index in [4.69, 9.17) is 5.26 Å². The number of unbranched alkanes of at least 4 members (excludes halogenated alkanes) is 2. The van der Waals surface area contributed by atoms with E-state index in [0.29, 0.717) is 17.1 Å². The average molecular weight is 253 g/mol. The van der Waals surface area contributed by atoms with Gasteiger partial charge in [-0.3, -0.25) is 4.21 Å². The SMILES string of the molecule is CCCCCS(=O)Cc1cc(F)cc(C#N)c1. The van der Waals surface area contributed by atoms with Crippen molar-refractivity contribution in [2.24, 2.45) is 0 Å². The third-order valence-electron chi connectivity index (χ3n) is 2.39. The smallest absolute Gasteiger partial charge is 0.124 e. The lowest BCUT2D eigenvalue weighted by atomic mass is 10.1. The lowest BCUT2D eigenvalue weighted by Crippen LogP contribution is -2.01. The van der Waals surface area contributed by atoms with E-state index >= 15 is 0 Å². The number of nitriles is 1. The van der Waals surface area contributed by atoms with Crippen LogP contribution < -0.4 is 0 Å². The van der Waals surface area contributed by atoms with Crippen LogP contribution in [-0.4, -0.2) is 9.96 Å². The third kappa shape index (κ3) is 5.10. The van der Waals surface area contributed by atoms with Gasteiger partial charge in [-0.05, 0) is 30.2 Å². The third-order valence-corrected chi connectivity index (χ3v) is 3.79. The van der Waals surface area contributed by atoms with Crippen LogP contribution in [0, 0.1) is 17.1 Å². The Labute approximate surface area is 104 Å². The van der Waals surface area contributed by atoms with Gasteiger partial charge in [0.05, 0.1) is 11.6 Å². The van der Waals surface area contributed by atoms with Crippen molar-refractivity contribution in [1.82, 2.24) is 0 Å². The van der Waals surface area contributed by atoms with Gasteiger partial charge in [-0.2, -0.15) is 5.26 Å². The summed E-state index contributed by atoms with van der Waals surface area (Å²) in [5.74, 6) is 0.534. The molecule has 0 aliphatic carbocycles. The molecule has 0 aromatic heterocycles. The van der Waals surface area contributed by atoms with Gasteiger partial charge in [-0.15, -0.1) is 0 Å². The summed E-state index contributed by atoms with van der Waals surface area (Å²) in [5.41, 5.74) is 0.918. The fourth-order valence-electron chi connectivity index (χ4n) is 1.57. The second-order valence-corrected chi connectivity index (χ2v) is 5.53. The van der Waals surface area contributed by atoms with E-state index < -0.39 is 16.6 Å². The summed E-state index contributed by atoms with van der Waals surface area (Å²) < 4.78 is 24.8. The summed E-state index contributed by atoms with van der Waals surface area (Å²) in [6.07, 6.45) is 3.09. The minimum absolute atomic E-state index is 0.283. The lowest BCUT2D eigenvalue weighted by Gasteiger charge is -2.03. The van der Waals surface area contributed by atoms with E-state index in [0.717, 1.165) is 19.3 Å². The summed E-state index contributed by atoms with van der Waals surface area (Å²) in [4.78, 5) is 0. The second kappa shape index (κ2) is 7.18.